The molecule has 2 fully saturated rings. The number of anilines is 1. The van der Waals surface area contributed by atoms with Crippen molar-refractivity contribution in [2.75, 3.05) is 38.8 Å². The molecule has 4 rings (SSSR count). The molecule has 2 heterocycles. The fourth-order valence-corrected chi connectivity index (χ4v) is 4.03. The van der Waals surface area contributed by atoms with E-state index >= 15 is 0 Å². The number of aromatic hydroxyl groups is 1. The highest BCUT2D eigenvalue weighted by atomic mass is 16.6. The van der Waals surface area contributed by atoms with Gasteiger partial charge in [0.2, 0.25) is 0 Å². The largest absolute Gasteiger partial charge is 0.507 e. The number of phenols is 1. The van der Waals surface area contributed by atoms with Gasteiger partial charge in [0.25, 0.3) is 5.91 Å². The quantitative estimate of drug-likeness (QED) is 0.366. The van der Waals surface area contributed by atoms with Gasteiger partial charge in [0.05, 0.1) is 25.9 Å². The Hall–Kier alpha value is -3.80. The predicted molar refractivity (Wildman–Crippen MR) is 122 cm³/mol. The molecule has 1 saturated heterocycles. The van der Waals surface area contributed by atoms with E-state index in [2.05, 4.69) is 20.8 Å². The van der Waals surface area contributed by atoms with Gasteiger partial charge < -0.3 is 34.7 Å². The maximum absolute atomic E-state index is 12.3. The van der Waals surface area contributed by atoms with Crippen LogP contribution in [0.1, 0.15) is 41.2 Å². The number of hydrogen-bond acceptors (Lipinski definition) is 9. The number of phenolic OH excluding ortho intramolecular Hbond substituents is 1. The molecule has 2 aromatic rings. The lowest BCUT2D eigenvalue weighted by Gasteiger charge is -2.26. The molecule has 0 radical (unpaired) electrons. The molecular formula is C23H28N4O8. The molecule has 1 aromatic carbocycles. The van der Waals surface area contributed by atoms with Gasteiger partial charge in [-0.2, -0.15) is 5.10 Å². The average Bonchev–Trinajstić information content (AvgIpc) is 3.45. The second kappa shape index (κ2) is 11.1. The minimum absolute atomic E-state index is 0.0248. The van der Waals surface area contributed by atoms with Crippen LogP contribution in [0.5, 0.6) is 17.2 Å². The van der Waals surface area contributed by atoms with Crippen LogP contribution < -0.4 is 20.1 Å². The molecule has 0 unspecified atom stereocenters. The number of aromatic amines is 1. The fraction of sp³-hybridized carbons (Fsp3) is 0.478. The molecule has 1 aliphatic carbocycles. The van der Waals surface area contributed by atoms with Gasteiger partial charge in [-0.25, -0.2) is 4.79 Å². The number of amides is 2. The van der Waals surface area contributed by atoms with E-state index in [-0.39, 0.29) is 34.8 Å². The number of aromatic nitrogens is 2. The maximum Gasteiger partial charge on any atom is 0.407 e. The smallest absolute Gasteiger partial charge is 0.407 e. The summed E-state index contributed by atoms with van der Waals surface area (Å²) in [6, 6.07) is 4.41. The molecule has 0 spiro atoms. The number of nitrogens with one attached hydrogen (secondary N) is 3. The lowest BCUT2D eigenvalue weighted by molar-refractivity contribution is -0.118. The number of methoxy groups -OCH3 is 1. The van der Waals surface area contributed by atoms with E-state index in [9.17, 15) is 19.5 Å². The van der Waals surface area contributed by atoms with Crippen LogP contribution in [-0.2, 0) is 14.3 Å². The van der Waals surface area contributed by atoms with Gasteiger partial charge in [-0.15, -0.1) is 0 Å². The van der Waals surface area contributed by atoms with Crippen molar-refractivity contribution in [2.45, 2.75) is 31.3 Å². The Balaban J connectivity index is 1.24. The molecule has 188 valence electrons. The van der Waals surface area contributed by atoms with Crippen molar-refractivity contribution < 1.29 is 38.4 Å². The monoisotopic (exact) mass is 488 g/mol. The highest BCUT2D eigenvalue weighted by Gasteiger charge is 2.30. The zero-order valence-electron chi connectivity index (χ0n) is 19.2. The zero-order valence-corrected chi connectivity index (χ0v) is 19.2. The molecule has 1 aliphatic heterocycles. The molecule has 1 saturated carbocycles. The van der Waals surface area contributed by atoms with E-state index in [1.54, 1.807) is 6.07 Å². The van der Waals surface area contributed by atoms with Crippen LogP contribution in [0, 0.1) is 5.92 Å². The summed E-state index contributed by atoms with van der Waals surface area (Å²) in [5.74, 6) is 0.304. The molecule has 12 heteroatoms. The topological polar surface area (TPSA) is 161 Å². The van der Waals surface area contributed by atoms with Gasteiger partial charge in [0.1, 0.15) is 23.4 Å². The van der Waals surface area contributed by atoms with Gasteiger partial charge in [-0.1, -0.05) is 0 Å². The molecule has 2 aliphatic rings. The number of nitrogens with zero attached hydrogens (tertiary/aromatic N) is 1. The van der Waals surface area contributed by atoms with Gasteiger partial charge in [-0.3, -0.25) is 14.7 Å². The van der Waals surface area contributed by atoms with E-state index in [0.29, 0.717) is 44.2 Å². The van der Waals surface area contributed by atoms with Crippen molar-refractivity contribution in [1.29, 1.82) is 0 Å². The van der Waals surface area contributed by atoms with Gasteiger partial charge >= 0.3 is 6.09 Å². The summed E-state index contributed by atoms with van der Waals surface area (Å²) in [6.45, 7) is 1.48. The van der Waals surface area contributed by atoms with E-state index < -0.39 is 18.6 Å². The molecular weight excluding hydrogens is 460 g/mol. The van der Waals surface area contributed by atoms with Crippen LogP contribution in [-0.4, -0.2) is 73.2 Å². The molecule has 35 heavy (non-hydrogen) atoms. The number of rotatable bonds is 10. The van der Waals surface area contributed by atoms with Crippen LogP contribution in [0.2, 0.25) is 0 Å². The zero-order chi connectivity index (χ0) is 24.8. The summed E-state index contributed by atoms with van der Waals surface area (Å²) in [4.78, 5) is 35.5. The summed E-state index contributed by atoms with van der Waals surface area (Å²) in [7, 11) is 1.40. The number of H-pyrrole nitrogens is 1. The normalized spacial score (nSPS) is 19.5. The number of carbonyl (C=O) groups excluding carboxylic acids is 3. The van der Waals surface area contributed by atoms with Crippen molar-refractivity contribution in [1.82, 2.24) is 15.5 Å². The first-order valence-electron chi connectivity index (χ1n) is 11.3. The van der Waals surface area contributed by atoms with Crippen LogP contribution in [0.4, 0.5) is 10.6 Å². The lowest BCUT2D eigenvalue weighted by Crippen LogP contribution is -2.40. The summed E-state index contributed by atoms with van der Waals surface area (Å²) in [5, 5.41) is 22.3. The van der Waals surface area contributed by atoms with Crippen LogP contribution in [0.15, 0.2) is 18.2 Å². The third-order valence-corrected chi connectivity index (χ3v) is 6.01. The molecule has 4 N–H and O–H groups in total. The molecule has 2 amide bonds. The Morgan fingerprint density at radius 3 is 2.83 bits per heavy atom. The molecule has 12 nitrogen and oxygen atoms in total. The first-order chi connectivity index (χ1) is 16.9. The molecule has 1 aromatic heterocycles. The van der Waals surface area contributed by atoms with E-state index in [1.165, 1.54) is 19.2 Å². The first-order valence-corrected chi connectivity index (χ1v) is 11.3. The van der Waals surface area contributed by atoms with Gasteiger partial charge in [-0.05, 0) is 19.3 Å². The summed E-state index contributed by atoms with van der Waals surface area (Å²) in [6.07, 6.45) is 2.06. The summed E-state index contributed by atoms with van der Waals surface area (Å²) in [5.41, 5.74) is 0.754. The Labute approximate surface area is 201 Å². The number of alkyl carbamates (subject to hydrolysis) is 1. The Morgan fingerprint density at radius 2 is 2.11 bits per heavy atom. The maximum atomic E-state index is 12.3. The summed E-state index contributed by atoms with van der Waals surface area (Å²) >= 11 is 0. The van der Waals surface area contributed by atoms with E-state index in [1.807, 2.05) is 0 Å². The second-order valence-electron chi connectivity index (χ2n) is 8.54. The average molecular weight is 488 g/mol. The Kier molecular flexibility index (Phi) is 7.70. The second-order valence-corrected chi connectivity index (χ2v) is 8.54. The summed E-state index contributed by atoms with van der Waals surface area (Å²) < 4.78 is 21.0. The lowest BCUT2D eigenvalue weighted by atomic mass is 10.0. The van der Waals surface area contributed by atoms with Crippen molar-refractivity contribution in [3.8, 4) is 17.2 Å². The number of ether oxygens (including phenoxy) is 4. The third kappa shape index (κ3) is 6.21. The number of carbonyl (C=O) groups is 3. The number of hydrogen-bond donors (Lipinski definition) is 4. The minimum Gasteiger partial charge on any atom is -0.507 e. The van der Waals surface area contributed by atoms with Crippen molar-refractivity contribution >= 4 is 24.1 Å². The molecule has 0 bridgehead atoms. The van der Waals surface area contributed by atoms with Crippen molar-refractivity contribution in [2.24, 2.45) is 5.92 Å². The standard InChI is InChI=1S/C23H28N4O8/c1-32-16-5-19(29)17(9-28)20(6-16)34-12-22(30)25-21-7-18(26-27-21)14-2-3-15(4-14)35-23(31)24-8-13-10-33-11-13/h5-7,9,13-15,29H,2-4,8,10-12H2,1H3,(H,24,31)(H2,25,26,27,30)/t14-,15+/m0/s1. The third-order valence-electron chi connectivity index (χ3n) is 6.01. The number of benzene rings is 1. The van der Waals surface area contributed by atoms with Crippen LogP contribution in [0.3, 0.4) is 0 Å². The highest BCUT2D eigenvalue weighted by molar-refractivity contribution is 5.91. The Bertz CT molecular complexity index is 1070. The van der Waals surface area contributed by atoms with E-state index in [4.69, 9.17) is 18.9 Å². The minimum atomic E-state index is -0.497. The predicted octanol–water partition coefficient (Wildman–Crippen LogP) is 1.96. The van der Waals surface area contributed by atoms with Crippen molar-refractivity contribution in [3.05, 3.63) is 29.5 Å². The number of aldehydes is 1. The molecule has 2 atom stereocenters. The Morgan fingerprint density at radius 1 is 1.29 bits per heavy atom. The van der Waals surface area contributed by atoms with Gasteiger partial charge in [0, 0.05) is 42.3 Å². The SMILES string of the molecule is COc1cc(O)c(C=O)c(OCC(=O)Nc2cc([C@H]3CC[C@@H](OC(=O)NCC4COC4)C3)[nH]n2)c1. The van der Waals surface area contributed by atoms with Crippen LogP contribution in [0.25, 0.3) is 0 Å². The van der Waals surface area contributed by atoms with E-state index in [0.717, 1.165) is 18.5 Å². The fourth-order valence-electron chi connectivity index (χ4n) is 4.03. The van der Waals surface area contributed by atoms with Crippen LogP contribution >= 0.6 is 0 Å². The highest BCUT2D eigenvalue weighted by Crippen LogP contribution is 2.36. The van der Waals surface area contributed by atoms with Gasteiger partial charge in [0.15, 0.2) is 18.7 Å². The first kappa shape index (κ1) is 24.3. The van der Waals surface area contributed by atoms with Crippen molar-refractivity contribution in [3.63, 3.8) is 0 Å².